The van der Waals surface area contributed by atoms with Crippen molar-refractivity contribution in [2.45, 2.75) is 33.6 Å². The molecule has 0 bridgehead atoms. The second-order valence-electron chi connectivity index (χ2n) is 4.35. The van der Waals surface area contributed by atoms with Gasteiger partial charge in [0.25, 0.3) is 0 Å². The standard InChI is InChI=1S/C10H15BrN2/c1-7(10(2,3)4)8-5-13-9(11)6-12-8/h5-7H,1-4H3. The molecule has 0 aliphatic rings. The lowest BCUT2D eigenvalue weighted by molar-refractivity contribution is 0.333. The van der Waals surface area contributed by atoms with Crippen molar-refractivity contribution in [3.63, 3.8) is 0 Å². The van der Waals surface area contributed by atoms with E-state index in [9.17, 15) is 0 Å². The predicted molar refractivity (Wildman–Crippen MR) is 57.6 cm³/mol. The van der Waals surface area contributed by atoms with E-state index in [1.165, 1.54) is 0 Å². The average Bonchev–Trinajstić information content (AvgIpc) is 2.03. The lowest BCUT2D eigenvalue weighted by Gasteiger charge is -2.26. The molecule has 2 nitrogen and oxygen atoms in total. The molecule has 1 aromatic heterocycles. The molecule has 1 rings (SSSR count). The van der Waals surface area contributed by atoms with Crippen molar-refractivity contribution in [1.29, 1.82) is 0 Å². The van der Waals surface area contributed by atoms with Crippen LogP contribution < -0.4 is 0 Å². The fourth-order valence-electron chi connectivity index (χ4n) is 0.990. The van der Waals surface area contributed by atoms with Crippen molar-refractivity contribution in [3.05, 3.63) is 22.7 Å². The number of halogens is 1. The summed E-state index contributed by atoms with van der Waals surface area (Å²) in [5.74, 6) is 0.424. The second kappa shape index (κ2) is 3.74. The summed E-state index contributed by atoms with van der Waals surface area (Å²) in [6.45, 7) is 8.81. The predicted octanol–water partition coefficient (Wildman–Crippen LogP) is 3.39. The quantitative estimate of drug-likeness (QED) is 0.755. The molecule has 0 saturated carbocycles. The van der Waals surface area contributed by atoms with E-state index in [1.54, 1.807) is 6.20 Å². The molecule has 0 N–H and O–H groups in total. The third kappa shape index (κ3) is 2.76. The number of aromatic nitrogens is 2. The average molecular weight is 243 g/mol. The maximum Gasteiger partial charge on any atom is 0.124 e. The number of nitrogens with zero attached hydrogens (tertiary/aromatic N) is 2. The fourth-order valence-corrected chi connectivity index (χ4v) is 1.19. The van der Waals surface area contributed by atoms with Crippen molar-refractivity contribution >= 4 is 15.9 Å². The first kappa shape index (κ1) is 10.6. The second-order valence-corrected chi connectivity index (χ2v) is 5.16. The van der Waals surface area contributed by atoms with Gasteiger partial charge in [0.15, 0.2) is 0 Å². The molecule has 0 aliphatic carbocycles. The number of hydrogen-bond acceptors (Lipinski definition) is 2. The van der Waals surface area contributed by atoms with E-state index >= 15 is 0 Å². The van der Waals surface area contributed by atoms with Gasteiger partial charge in [0.1, 0.15) is 4.60 Å². The lowest BCUT2D eigenvalue weighted by atomic mass is 9.80. The van der Waals surface area contributed by atoms with Gasteiger partial charge in [-0.2, -0.15) is 0 Å². The summed E-state index contributed by atoms with van der Waals surface area (Å²) >= 11 is 3.27. The van der Waals surface area contributed by atoms with Crippen molar-refractivity contribution in [2.24, 2.45) is 5.41 Å². The Bertz CT molecular complexity index is 274. The Labute approximate surface area is 87.9 Å². The molecule has 0 saturated heterocycles. The van der Waals surface area contributed by atoms with Crippen LogP contribution in [0.2, 0.25) is 0 Å². The molecular formula is C10H15BrN2. The highest BCUT2D eigenvalue weighted by molar-refractivity contribution is 9.10. The molecule has 0 aromatic carbocycles. The Morgan fingerprint density at radius 3 is 2.23 bits per heavy atom. The van der Waals surface area contributed by atoms with Gasteiger partial charge in [-0.05, 0) is 21.3 Å². The van der Waals surface area contributed by atoms with Crippen LogP contribution in [0.3, 0.4) is 0 Å². The van der Waals surface area contributed by atoms with Crippen LogP contribution in [0.15, 0.2) is 17.0 Å². The van der Waals surface area contributed by atoms with Gasteiger partial charge in [-0.15, -0.1) is 0 Å². The minimum absolute atomic E-state index is 0.239. The van der Waals surface area contributed by atoms with Crippen LogP contribution in [0.1, 0.15) is 39.3 Å². The fraction of sp³-hybridized carbons (Fsp3) is 0.600. The Hall–Kier alpha value is -0.440. The van der Waals surface area contributed by atoms with Gasteiger partial charge in [-0.25, -0.2) is 4.98 Å². The van der Waals surface area contributed by atoms with Gasteiger partial charge in [0.05, 0.1) is 18.1 Å². The van der Waals surface area contributed by atoms with E-state index in [4.69, 9.17) is 0 Å². The molecule has 0 radical (unpaired) electrons. The van der Waals surface area contributed by atoms with Crippen molar-refractivity contribution in [1.82, 2.24) is 9.97 Å². The molecule has 0 spiro atoms. The minimum atomic E-state index is 0.239. The summed E-state index contributed by atoms with van der Waals surface area (Å²) in [5.41, 5.74) is 1.29. The van der Waals surface area contributed by atoms with E-state index in [1.807, 2.05) is 6.20 Å². The summed E-state index contributed by atoms with van der Waals surface area (Å²) in [6.07, 6.45) is 3.58. The summed E-state index contributed by atoms with van der Waals surface area (Å²) < 4.78 is 0.789. The summed E-state index contributed by atoms with van der Waals surface area (Å²) in [7, 11) is 0. The van der Waals surface area contributed by atoms with Gasteiger partial charge in [0.2, 0.25) is 0 Å². The molecule has 1 atom stereocenters. The van der Waals surface area contributed by atoms with E-state index < -0.39 is 0 Å². The highest BCUT2D eigenvalue weighted by Crippen LogP contribution is 2.32. The molecule has 0 fully saturated rings. The zero-order valence-electron chi connectivity index (χ0n) is 8.50. The molecule has 13 heavy (non-hydrogen) atoms. The van der Waals surface area contributed by atoms with Crippen LogP contribution >= 0.6 is 15.9 Å². The largest absolute Gasteiger partial charge is 0.257 e. The molecule has 0 aliphatic heterocycles. The van der Waals surface area contributed by atoms with Gasteiger partial charge >= 0.3 is 0 Å². The maximum atomic E-state index is 4.34. The Balaban J connectivity index is 2.90. The smallest absolute Gasteiger partial charge is 0.124 e. The molecule has 1 heterocycles. The van der Waals surface area contributed by atoms with Gasteiger partial charge in [-0.1, -0.05) is 27.7 Å². The van der Waals surface area contributed by atoms with Crippen LogP contribution in [0.4, 0.5) is 0 Å². The van der Waals surface area contributed by atoms with E-state index in [0.29, 0.717) is 5.92 Å². The van der Waals surface area contributed by atoms with Crippen LogP contribution in [0.5, 0.6) is 0 Å². The normalized spacial score (nSPS) is 14.2. The van der Waals surface area contributed by atoms with Gasteiger partial charge in [0, 0.05) is 5.92 Å². The molecule has 1 unspecified atom stereocenters. The Kier molecular flexibility index (Phi) is 3.06. The summed E-state index contributed by atoms with van der Waals surface area (Å²) in [4.78, 5) is 8.50. The lowest BCUT2D eigenvalue weighted by Crippen LogP contribution is -2.16. The molecule has 72 valence electrons. The first-order chi connectivity index (χ1) is 5.91. The molecule has 3 heteroatoms. The van der Waals surface area contributed by atoms with E-state index in [2.05, 4.69) is 53.6 Å². The van der Waals surface area contributed by atoms with Crippen molar-refractivity contribution < 1.29 is 0 Å². The van der Waals surface area contributed by atoms with Crippen LogP contribution in [0, 0.1) is 5.41 Å². The third-order valence-corrected chi connectivity index (χ3v) is 2.79. The topological polar surface area (TPSA) is 25.8 Å². The van der Waals surface area contributed by atoms with Crippen molar-refractivity contribution in [2.75, 3.05) is 0 Å². The summed E-state index contributed by atoms with van der Waals surface area (Å²) in [5, 5.41) is 0. The minimum Gasteiger partial charge on any atom is -0.257 e. The van der Waals surface area contributed by atoms with Crippen LogP contribution in [0.25, 0.3) is 0 Å². The van der Waals surface area contributed by atoms with E-state index in [-0.39, 0.29) is 5.41 Å². The number of rotatable bonds is 1. The third-order valence-electron chi connectivity index (χ3n) is 2.38. The zero-order valence-corrected chi connectivity index (χ0v) is 10.1. The molecular weight excluding hydrogens is 228 g/mol. The zero-order chi connectivity index (χ0) is 10.1. The maximum absolute atomic E-state index is 4.34. The van der Waals surface area contributed by atoms with Crippen LogP contribution in [-0.4, -0.2) is 9.97 Å². The highest BCUT2D eigenvalue weighted by atomic mass is 79.9. The monoisotopic (exact) mass is 242 g/mol. The highest BCUT2D eigenvalue weighted by Gasteiger charge is 2.22. The molecule has 0 amide bonds. The Morgan fingerprint density at radius 1 is 1.23 bits per heavy atom. The van der Waals surface area contributed by atoms with Gasteiger partial charge in [-0.3, -0.25) is 4.98 Å². The summed E-state index contributed by atoms with van der Waals surface area (Å²) in [6, 6.07) is 0. The molecule has 1 aromatic rings. The Morgan fingerprint density at radius 2 is 1.85 bits per heavy atom. The number of hydrogen-bond donors (Lipinski definition) is 0. The SMILES string of the molecule is CC(c1cnc(Br)cn1)C(C)(C)C. The first-order valence-electron chi connectivity index (χ1n) is 4.38. The van der Waals surface area contributed by atoms with Gasteiger partial charge < -0.3 is 0 Å². The first-order valence-corrected chi connectivity index (χ1v) is 5.18. The van der Waals surface area contributed by atoms with Crippen molar-refractivity contribution in [3.8, 4) is 0 Å². The van der Waals surface area contributed by atoms with E-state index in [0.717, 1.165) is 10.3 Å². The van der Waals surface area contributed by atoms with Crippen LogP contribution in [-0.2, 0) is 0 Å².